The van der Waals surface area contributed by atoms with E-state index in [9.17, 15) is 14.9 Å². The Hall–Kier alpha value is -3.67. The third-order valence-electron chi connectivity index (χ3n) is 4.46. The number of carbonyl (C=O) groups is 1. The molecule has 0 saturated carbocycles. The van der Waals surface area contributed by atoms with Crippen molar-refractivity contribution in [2.45, 2.75) is 6.42 Å². The molecular weight excluding hydrogens is 344 g/mol. The van der Waals surface area contributed by atoms with Crippen LogP contribution in [0.3, 0.4) is 0 Å². The summed E-state index contributed by atoms with van der Waals surface area (Å²) in [5.41, 5.74) is 2.96. The zero-order valence-electron chi connectivity index (χ0n) is 14.3. The van der Waals surface area contributed by atoms with Gasteiger partial charge in [0.15, 0.2) is 5.78 Å². The van der Waals surface area contributed by atoms with Gasteiger partial charge in [0.1, 0.15) is 11.2 Å². The van der Waals surface area contributed by atoms with E-state index in [4.69, 9.17) is 4.42 Å². The third kappa shape index (κ3) is 3.37. The number of para-hydroxylation sites is 1. The molecule has 0 aliphatic carbocycles. The maximum atomic E-state index is 12.2. The van der Waals surface area contributed by atoms with Crippen molar-refractivity contribution in [3.8, 4) is 0 Å². The van der Waals surface area contributed by atoms with Crippen LogP contribution in [0.5, 0.6) is 0 Å². The zero-order valence-corrected chi connectivity index (χ0v) is 14.3. The fourth-order valence-corrected chi connectivity index (χ4v) is 3.07. The number of nitrogens with zero attached hydrogens (tertiary/aromatic N) is 1. The maximum absolute atomic E-state index is 12.2. The Labute approximate surface area is 154 Å². The highest BCUT2D eigenvalue weighted by Crippen LogP contribution is 2.30. The summed E-state index contributed by atoms with van der Waals surface area (Å²) in [6.07, 6.45) is 0.288. The number of ketones is 1. The second-order valence-electron chi connectivity index (χ2n) is 6.21. The van der Waals surface area contributed by atoms with Crippen LogP contribution in [0.15, 0.2) is 71.1 Å². The fraction of sp³-hybridized carbons (Fsp3) is 0.0952. The largest absolute Gasteiger partial charge is 0.456 e. The fourth-order valence-electron chi connectivity index (χ4n) is 3.07. The maximum Gasteiger partial charge on any atom is 0.269 e. The van der Waals surface area contributed by atoms with E-state index in [-0.39, 0.29) is 17.9 Å². The van der Waals surface area contributed by atoms with Gasteiger partial charge < -0.3 is 9.73 Å². The van der Waals surface area contributed by atoms with Gasteiger partial charge in [-0.05, 0) is 30.3 Å². The van der Waals surface area contributed by atoms with Gasteiger partial charge in [0.25, 0.3) is 5.69 Å². The Morgan fingerprint density at radius 1 is 0.963 bits per heavy atom. The van der Waals surface area contributed by atoms with Gasteiger partial charge in [0, 0.05) is 53.2 Å². The average molecular weight is 360 g/mol. The summed E-state index contributed by atoms with van der Waals surface area (Å²) < 4.78 is 5.86. The van der Waals surface area contributed by atoms with Crippen molar-refractivity contribution in [1.82, 2.24) is 0 Å². The summed E-state index contributed by atoms with van der Waals surface area (Å²) in [6, 6.07) is 19.4. The van der Waals surface area contributed by atoms with Crippen LogP contribution in [0.2, 0.25) is 0 Å². The second-order valence-corrected chi connectivity index (χ2v) is 6.21. The lowest BCUT2D eigenvalue weighted by molar-refractivity contribution is -0.384. The SMILES string of the molecule is O=C(CCNc1ccc2c(c1)oc1ccccc12)c1ccc([N+](=O)[O-])cc1. The molecule has 6 heteroatoms. The van der Waals surface area contributed by atoms with Crippen LogP contribution in [0.4, 0.5) is 11.4 Å². The van der Waals surface area contributed by atoms with Crippen molar-refractivity contribution < 1.29 is 14.1 Å². The van der Waals surface area contributed by atoms with Crippen LogP contribution in [-0.2, 0) is 0 Å². The molecule has 0 aliphatic rings. The molecule has 3 aromatic carbocycles. The number of hydrogen-bond donors (Lipinski definition) is 1. The standard InChI is InChI=1S/C21H16N2O4/c24-19(14-5-8-16(9-6-14)23(25)26)11-12-22-15-7-10-18-17-3-1-2-4-20(17)27-21(18)13-15/h1-10,13,22H,11-12H2. The minimum Gasteiger partial charge on any atom is -0.456 e. The second kappa shape index (κ2) is 6.92. The number of nitro benzene ring substituents is 1. The van der Waals surface area contributed by atoms with Crippen molar-refractivity contribution in [2.24, 2.45) is 0 Å². The molecule has 1 N–H and O–H groups in total. The number of fused-ring (bicyclic) bond motifs is 3. The average Bonchev–Trinajstić information content (AvgIpc) is 3.05. The van der Waals surface area contributed by atoms with E-state index in [0.29, 0.717) is 12.1 Å². The van der Waals surface area contributed by atoms with Crippen LogP contribution in [0.25, 0.3) is 21.9 Å². The predicted octanol–water partition coefficient (Wildman–Crippen LogP) is 5.18. The van der Waals surface area contributed by atoms with E-state index in [1.54, 1.807) is 0 Å². The number of furan rings is 1. The lowest BCUT2D eigenvalue weighted by Gasteiger charge is -2.06. The highest BCUT2D eigenvalue weighted by Gasteiger charge is 2.10. The number of nitrogens with one attached hydrogen (secondary N) is 1. The normalized spacial score (nSPS) is 11.0. The smallest absolute Gasteiger partial charge is 0.269 e. The van der Waals surface area contributed by atoms with Gasteiger partial charge in [-0.15, -0.1) is 0 Å². The molecule has 4 rings (SSSR count). The van der Waals surface area contributed by atoms with Gasteiger partial charge in [-0.2, -0.15) is 0 Å². The summed E-state index contributed by atoms with van der Waals surface area (Å²) in [6.45, 7) is 0.460. The molecule has 1 aromatic heterocycles. The van der Waals surface area contributed by atoms with E-state index in [2.05, 4.69) is 5.32 Å². The zero-order chi connectivity index (χ0) is 18.8. The van der Waals surface area contributed by atoms with Gasteiger partial charge in [-0.1, -0.05) is 18.2 Å². The first-order chi connectivity index (χ1) is 13.1. The van der Waals surface area contributed by atoms with Gasteiger partial charge in [0.05, 0.1) is 4.92 Å². The molecule has 0 amide bonds. The number of anilines is 1. The Morgan fingerprint density at radius 2 is 1.70 bits per heavy atom. The molecule has 0 radical (unpaired) electrons. The first kappa shape index (κ1) is 16.8. The van der Waals surface area contributed by atoms with E-state index in [1.165, 1.54) is 24.3 Å². The molecule has 6 nitrogen and oxygen atoms in total. The van der Waals surface area contributed by atoms with Crippen LogP contribution >= 0.6 is 0 Å². The number of hydrogen-bond acceptors (Lipinski definition) is 5. The monoisotopic (exact) mass is 360 g/mol. The van der Waals surface area contributed by atoms with E-state index in [1.807, 2.05) is 42.5 Å². The first-order valence-electron chi connectivity index (χ1n) is 8.54. The number of Topliss-reactive ketones (excluding diaryl/α,β-unsaturated/α-hetero) is 1. The number of non-ortho nitro benzene ring substituents is 1. The molecular formula is C21H16N2O4. The van der Waals surface area contributed by atoms with Crippen molar-refractivity contribution in [2.75, 3.05) is 11.9 Å². The van der Waals surface area contributed by atoms with Crippen molar-refractivity contribution in [3.63, 3.8) is 0 Å². The molecule has 0 atom stereocenters. The minimum absolute atomic E-state index is 0.0242. The Bertz CT molecular complexity index is 1150. The Morgan fingerprint density at radius 3 is 2.48 bits per heavy atom. The molecule has 0 unspecified atom stereocenters. The number of nitro groups is 1. The summed E-state index contributed by atoms with van der Waals surface area (Å²) in [7, 11) is 0. The molecule has 0 aliphatic heterocycles. The molecule has 27 heavy (non-hydrogen) atoms. The lowest BCUT2D eigenvalue weighted by atomic mass is 10.1. The van der Waals surface area contributed by atoms with Crippen LogP contribution < -0.4 is 5.32 Å². The summed E-state index contributed by atoms with van der Waals surface area (Å²) in [4.78, 5) is 22.4. The van der Waals surface area contributed by atoms with Crippen molar-refractivity contribution in [3.05, 3.63) is 82.4 Å². The molecule has 0 fully saturated rings. The van der Waals surface area contributed by atoms with E-state index in [0.717, 1.165) is 27.6 Å². The molecule has 0 spiro atoms. The summed E-state index contributed by atoms with van der Waals surface area (Å²) in [5, 5.41) is 16.0. The predicted molar refractivity (Wildman–Crippen MR) is 104 cm³/mol. The molecule has 1 heterocycles. The topological polar surface area (TPSA) is 85.4 Å². The van der Waals surface area contributed by atoms with Gasteiger partial charge in [0.2, 0.25) is 0 Å². The lowest BCUT2D eigenvalue weighted by Crippen LogP contribution is -2.08. The summed E-state index contributed by atoms with van der Waals surface area (Å²) >= 11 is 0. The Kier molecular flexibility index (Phi) is 4.30. The molecule has 134 valence electrons. The van der Waals surface area contributed by atoms with Gasteiger partial charge in [-0.25, -0.2) is 0 Å². The number of benzene rings is 3. The highest BCUT2D eigenvalue weighted by atomic mass is 16.6. The van der Waals surface area contributed by atoms with Crippen LogP contribution in [0.1, 0.15) is 16.8 Å². The highest BCUT2D eigenvalue weighted by molar-refractivity contribution is 6.05. The van der Waals surface area contributed by atoms with Crippen LogP contribution in [-0.4, -0.2) is 17.3 Å². The Balaban J connectivity index is 1.41. The first-order valence-corrected chi connectivity index (χ1v) is 8.54. The van der Waals surface area contributed by atoms with Crippen LogP contribution in [0, 0.1) is 10.1 Å². The van der Waals surface area contributed by atoms with Crippen molar-refractivity contribution in [1.29, 1.82) is 0 Å². The minimum atomic E-state index is -0.482. The van der Waals surface area contributed by atoms with Gasteiger partial charge >= 0.3 is 0 Å². The van der Waals surface area contributed by atoms with E-state index < -0.39 is 4.92 Å². The number of carbonyl (C=O) groups excluding carboxylic acids is 1. The van der Waals surface area contributed by atoms with Gasteiger partial charge in [-0.3, -0.25) is 14.9 Å². The molecule has 4 aromatic rings. The molecule has 0 bridgehead atoms. The number of rotatable bonds is 6. The quantitative estimate of drug-likeness (QED) is 0.291. The third-order valence-corrected chi connectivity index (χ3v) is 4.46. The molecule has 0 saturated heterocycles. The van der Waals surface area contributed by atoms with Crippen molar-refractivity contribution >= 4 is 39.1 Å². The summed E-state index contributed by atoms with van der Waals surface area (Å²) in [5.74, 6) is -0.0674. The van der Waals surface area contributed by atoms with E-state index >= 15 is 0 Å².